The second kappa shape index (κ2) is 6.66. The molecule has 1 fully saturated rings. The molecule has 0 radical (unpaired) electrons. The zero-order valence-electron chi connectivity index (χ0n) is 13.1. The van der Waals surface area contributed by atoms with E-state index in [-0.39, 0.29) is 6.42 Å². The number of rotatable bonds is 5. The lowest BCUT2D eigenvalue weighted by molar-refractivity contribution is -0.146. The van der Waals surface area contributed by atoms with Gasteiger partial charge in [0.25, 0.3) is 5.91 Å². The molecule has 0 spiro atoms. The molecule has 0 aliphatic carbocycles. The number of β-lactam (4-membered cyclic amide) rings is 1. The molecule has 0 aromatic heterocycles. The third-order valence-corrected chi connectivity index (χ3v) is 4.87. The van der Waals surface area contributed by atoms with Crippen LogP contribution in [0.5, 0.6) is 0 Å². The van der Waals surface area contributed by atoms with Crippen LogP contribution >= 0.6 is 0 Å². The van der Waals surface area contributed by atoms with E-state index in [1.165, 1.54) is 0 Å². The van der Waals surface area contributed by atoms with Crippen LogP contribution in [-0.2, 0) is 26.3 Å². The van der Waals surface area contributed by atoms with Gasteiger partial charge in [-0.2, -0.15) is 8.42 Å². The average molecular weight is 360 g/mol. The molecule has 130 valence electrons. The van der Waals surface area contributed by atoms with Crippen LogP contribution in [-0.4, -0.2) is 35.1 Å². The molecule has 3 rings (SSSR count). The van der Waals surface area contributed by atoms with Crippen LogP contribution in [0, 0.1) is 0 Å². The number of carbonyl (C=O) groups is 2. The van der Waals surface area contributed by atoms with Gasteiger partial charge in [0.15, 0.2) is 0 Å². The summed E-state index contributed by atoms with van der Waals surface area (Å²) >= 11 is 0. The molecule has 25 heavy (non-hydrogen) atoms. The van der Waals surface area contributed by atoms with Gasteiger partial charge in [0.05, 0.1) is 6.42 Å². The number of benzene rings is 2. The number of hydrogen-bond donors (Lipinski definition) is 2. The van der Waals surface area contributed by atoms with Crippen molar-refractivity contribution in [2.45, 2.75) is 18.5 Å². The summed E-state index contributed by atoms with van der Waals surface area (Å²) in [5.41, 5.74) is 1.28. The standard InChI is InChI=1S/C17H16N2O5S/c20-14(11-12-7-3-1-4-8-12)18-15-16(13-9-5-2-6-10-13)19(17(15)21)25(22,23)24/h1-10,15-16H,11H2,(H,18,20)(H,22,23,24)/t15-,16+/m1/s1. The van der Waals surface area contributed by atoms with E-state index in [4.69, 9.17) is 0 Å². The third-order valence-electron chi connectivity index (χ3n) is 3.97. The van der Waals surface area contributed by atoms with E-state index in [0.29, 0.717) is 9.87 Å². The van der Waals surface area contributed by atoms with E-state index in [1.54, 1.807) is 54.6 Å². The van der Waals surface area contributed by atoms with E-state index in [2.05, 4.69) is 5.32 Å². The van der Waals surface area contributed by atoms with Gasteiger partial charge in [-0.15, -0.1) is 0 Å². The van der Waals surface area contributed by atoms with Gasteiger partial charge in [0, 0.05) is 0 Å². The van der Waals surface area contributed by atoms with E-state index < -0.39 is 34.2 Å². The molecule has 8 heteroatoms. The fourth-order valence-electron chi connectivity index (χ4n) is 2.84. The SMILES string of the molecule is O=C(Cc1ccccc1)N[C@H]1C(=O)N(S(=O)(=O)O)[C@H]1c1ccccc1. The molecule has 2 N–H and O–H groups in total. The van der Waals surface area contributed by atoms with Crippen LogP contribution < -0.4 is 5.32 Å². The van der Waals surface area contributed by atoms with Crippen LogP contribution in [0.3, 0.4) is 0 Å². The molecule has 1 heterocycles. The Morgan fingerprint density at radius 3 is 2.16 bits per heavy atom. The maximum absolute atomic E-state index is 12.2. The molecule has 0 saturated carbocycles. The molecule has 7 nitrogen and oxygen atoms in total. The van der Waals surface area contributed by atoms with Crippen molar-refractivity contribution in [3.63, 3.8) is 0 Å². The summed E-state index contributed by atoms with van der Waals surface area (Å²) in [5.74, 6) is -1.27. The van der Waals surface area contributed by atoms with Crippen molar-refractivity contribution in [1.29, 1.82) is 0 Å². The molecular formula is C17H16N2O5S. The van der Waals surface area contributed by atoms with Crippen LogP contribution in [0.1, 0.15) is 17.2 Å². The predicted molar refractivity (Wildman–Crippen MR) is 89.7 cm³/mol. The lowest BCUT2D eigenvalue weighted by atomic mass is 9.91. The molecule has 2 aromatic carbocycles. The Bertz CT molecular complexity index is 884. The molecule has 0 bridgehead atoms. The highest BCUT2D eigenvalue weighted by molar-refractivity contribution is 7.84. The Hall–Kier alpha value is -2.71. The van der Waals surface area contributed by atoms with Crippen LogP contribution in [0.4, 0.5) is 0 Å². The molecule has 1 aliphatic rings. The first-order valence-electron chi connectivity index (χ1n) is 7.57. The Morgan fingerprint density at radius 1 is 1.04 bits per heavy atom. The van der Waals surface area contributed by atoms with Gasteiger partial charge >= 0.3 is 10.3 Å². The molecule has 2 atom stereocenters. The number of nitrogens with zero attached hydrogens (tertiary/aromatic N) is 1. The van der Waals surface area contributed by atoms with Crippen molar-refractivity contribution in [3.05, 3.63) is 71.8 Å². The van der Waals surface area contributed by atoms with Crippen molar-refractivity contribution in [1.82, 2.24) is 9.62 Å². The Labute approximate surface area is 145 Å². The van der Waals surface area contributed by atoms with E-state index >= 15 is 0 Å². The molecular weight excluding hydrogens is 344 g/mol. The second-order valence-corrected chi connectivity index (χ2v) is 6.96. The first-order chi connectivity index (χ1) is 11.9. The summed E-state index contributed by atoms with van der Waals surface area (Å²) in [6.07, 6.45) is 0.0675. The summed E-state index contributed by atoms with van der Waals surface area (Å²) in [5, 5.41) is 2.56. The number of amides is 2. The molecule has 2 aromatic rings. The summed E-state index contributed by atoms with van der Waals surface area (Å²) in [6.45, 7) is 0. The minimum atomic E-state index is -4.71. The largest absolute Gasteiger partial charge is 0.362 e. The molecule has 1 saturated heterocycles. The lowest BCUT2D eigenvalue weighted by Crippen LogP contribution is -2.66. The van der Waals surface area contributed by atoms with Gasteiger partial charge in [0.2, 0.25) is 5.91 Å². The Kier molecular flexibility index (Phi) is 4.56. The van der Waals surface area contributed by atoms with Gasteiger partial charge in [-0.1, -0.05) is 60.7 Å². The number of nitrogens with one attached hydrogen (secondary N) is 1. The van der Waals surface area contributed by atoms with E-state index in [0.717, 1.165) is 5.56 Å². The highest BCUT2D eigenvalue weighted by Gasteiger charge is 2.54. The maximum atomic E-state index is 12.2. The minimum absolute atomic E-state index is 0.0675. The molecule has 2 amide bonds. The third kappa shape index (κ3) is 3.54. The quantitative estimate of drug-likeness (QED) is 0.614. The van der Waals surface area contributed by atoms with Crippen molar-refractivity contribution in [2.75, 3.05) is 0 Å². The second-order valence-electron chi connectivity index (χ2n) is 5.67. The summed E-state index contributed by atoms with van der Waals surface area (Å²) in [6, 6.07) is 15.3. The minimum Gasteiger partial charge on any atom is -0.342 e. The highest BCUT2D eigenvalue weighted by atomic mass is 32.2. The Balaban J connectivity index is 1.80. The number of carbonyl (C=O) groups excluding carboxylic acids is 2. The Morgan fingerprint density at radius 2 is 1.60 bits per heavy atom. The fourth-order valence-corrected chi connectivity index (χ4v) is 3.72. The van der Waals surface area contributed by atoms with E-state index in [1.807, 2.05) is 6.07 Å². The zero-order valence-corrected chi connectivity index (χ0v) is 13.9. The van der Waals surface area contributed by atoms with Gasteiger partial charge in [0.1, 0.15) is 12.1 Å². The van der Waals surface area contributed by atoms with Crippen molar-refractivity contribution in [3.8, 4) is 0 Å². The molecule has 1 aliphatic heterocycles. The lowest BCUT2D eigenvalue weighted by Gasteiger charge is -2.44. The monoisotopic (exact) mass is 360 g/mol. The van der Waals surface area contributed by atoms with Gasteiger partial charge < -0.3 is 5.32 Å². The zero-order chi connectivity index (χ0) is 18.0. The summed E-state index contributed by atoms with van der Waals surface area (Å²) in [4.78, 5) is 24.4. The van der Waals surface area contributed by atoms with Crippen LogP contribution in [0.25, 0.3) is 0 Å². The predicted octanol–water partition coefficient (Wildman–Crippen LogP) is 1.10. The van der Waals surface area contributed by atoms with Crippen molar-refractivity contribution >= 4 is 22.1 Å². The normalized spacial score (nSPS) is 20.0. The van der Waals surface area contributed by atoms with Gasteiger partial charge in [-0.3, -0.25) is 14.1 Å². The number of hydrogen-bond acceptors (Lipinski definition) is 4. The smallest absolute Gasteiger partial charge is 0.342 e. The summed E-state index contributed by atoms with van der Waals surface area (Å²) < 4.78 is 32.6. The maximum Gasteiger partial charge on any atom is 0.362 e. The summed E-state index contributed by atoms with van der Waals surface area (Å²) in [7, 11) is -4.71. The van der Waals surface area contributed by atoms with Crippen LogP contribution in [0.2, 0.25) is 0 Å². The van der Waals surface area contributed by atoms with Crippen LogP contribution in [0.15, 0.2) is 60.7 Å². The van der Waals surface area contributed by atoms with Gasteiger partial charge in [-0.25, -0.2) is 4.31 Å². The van der Waals surface area contributed by atoms with E-state index in [9.17, 15) is 22.6 Å². The topological polar surface area (TPSA) is 104 Å². The van der Waals surface area contributed by atoms with Gasteiger partial charge in [-0.05, 0) is 11.1 Å². The van der Waals surface area contributed by atoms with Crippen molar-refractivity contribution in [2.24, 2.45) is 0 Å². The first kappa shape index (κ1) is 17.1. The highest BCUT2D eigenvalue weighted by Crippen LogP contribution is 2.36. The fraction of sp³-hybridized carbons (Fsp3) is 0.176. The molecule has 0 unspecified atom stereocenters. The average Bonchev–Trinajstić information content (AvgIpc) is 2.57. The van der Waals surface area contributed by atoms with Crippen molar-refractivity contribution < 1.29 is 22.6 Å². The first-order valence-corrected chi connectivity index (χ1v) is 8.96.